The van der Waals surface area contributed by atoms with Crippen molar-refractivity contribution in [2.24, 2.45) is 0 Å². The van der Waals surface area contributed by atoms with Gasteiger partial charge in [0.15, 0.2) is 5.11 Å². The normalized spacial score (nSPS) is 11.5. The lowest BCUT2D eigenvalue weighted by Gasteiger charge is -2.18. The van der Waals surface area contributed by atoms with Gasteiger partial charge in [-0.2, -0.15) is 0 Å². The molecule has 0 spiro atoms. The second kappa shape index (κ2) is 7.59. The number of hydrogen-bond acceptors (Lipinski definition) is 3. The van der Waals surface area contributed by atoms with Crippen molar-refractivity contribution in [3.63, 3.8) is 0 Å². The van der Waals surface area contributed by atoms with Gasteiger partial charge in [0, 0.05) is 18.1 Å². The quantitative estimate of drug-likeness (QED) is 0.831. The Morgan fingerprint density at radius 3 is 2.67 bits per heavy atom. The summed E-state index contributed by atoms with van der Waals surface area (Å²) in [5.41, 5.74) is 2.04. The van der Waals surface area contributed by atoms with Crippen LogP contribution in [0.4, 0.5) is 5.69 Å². The number of aryl methyl sites for hydroxylation is 1. The van der Waals surface area contributed by atoms with Gasteiger partial charge in [-0.3, -0.25) is 4.98 Å². The van der Waals surface area contributed by atoms with Crippen LogP contribution in [0.1, 0.15) is 12.5 Å². The maximum atomic E-state index is 5.79. The summed E-state index contributed by atoms with van der Waals surface area (Å²) >= 11 is 5.27. The number of anilines is 1. The number of para-hydroxylation sites is 1. The zero-order chi connectivity index (χ0) is 15.1. The molecular formula is C16H19N3OS. The van der Waals surface area contributed by atoms with E-state index in [1.165, 1.54) is 0 Å². The Hall–Kier alpha value is -2.14. The van der Waals surface area contributed by atoms with Crippen molar-refractivity contribution < 1.29 is 4.74 Å². The molecule has 2 N–H and O–H groups in total. The van der Waals surface area contributed by atoms with Gasteiger partial charge in [0.05, 0.1) is 6.04 Å². The highest BCUT2D eigenvalue weighted by atomic mass is 32.1. The van der Waals surface area contributed by atoms with Crippen LogP contribution in [0.5, 0.6) is 5.75 Å². The van der Waals surface area contributed by atoms with E-state index < -0.39 is 0 Å². The van der Waals surface area contributed by atoms with Crippen LogP contribution in [-0.4, -0.2) is 22.7 Å². The molecule has 2 rings (SSSR count). The third-order valence-corrected chi connectivity index (χ3v) is 3.12. The molecule has 0 aliphatic rings. The lowest BCUT2D eigenvalue weighted by Crippen LogP contribution is -2.39. The van der Waals surface area contributed by atoms with Gasteiger partial charge in [0.2, 0.25) is 0 Å². The van der Waals surface area contributed by atoms with Crippen molar-refractivity contribution in [1.29, 1.82) is 0 Å². The molecule has 0 bridgehead atoms. The second-order valence-corrected chi connectivity index (χ2v) is 5.22. The van der Waals surface area contributed by atoms with E-state index >= 15 is 0 Å². The molecule has 0 aliphatic heterocycles. The molecule has 0 radical (unpaired) electrons. The van der Waals surface area contributed by atoms with E-state index in [2.05, 4.69) is 15.6 Å². The molecule has 0 amide bonds. The van der Waals surface area contributed by atoms with Crippen molar-refractivity contribution in [3.05, 3.63) is 54.4 Å². The van der Waals surface area contributed by atoms with Gasteiger partial charge in [-0.05, 0) is 49.8 Å². The summed E-state index contributed by atoms with van der Waals surface area (Å²) in [5.74, 6) is 0.902. The highest BCUT2D eigenvalue weighted by Gasteiger charge is 2.06. The van der Waals surface area contributed by atoms with Crippen LogP contribution in [0.15, 0.2) is 48.8 Å². The van der Waals surface area contributed by atoms with Crippen molar-refractivity contribution in [2.75, 3.05) is 11.9 Å². The first kappa shape index (κ1) is 15.3. The van der Waals surface area contributed by atoms with Gasteiger partial charge < -0.3 is 15.4 Å². The standard InChI is InChI=1S/C16H19N3OS/c1-12-5-3-4-6-15(12)20-11-13(2)18-16(21)19-14-7-9-17-10-8-14/h3-10,13H,11H2,1-2H3,(H2,17,18,19,21). The maximum Gasteiger partial charge on any atom is 0.171 e. The third kappa shape index (κ3) is 5.04. The number of ether oxygens (including phenoxy) is 1. The van der Waals surface area contributed by atoms with Crippen molar-refractivity contribution in [3.8, 4) is 5.75 Å². The molecule has 1 unspecified atom stereocenters. The molecule has 1 heterocycles. The summed E-state index contributed by atoms with van der Waals surface area (Å²) < 4.78 is 5.79. The Balaban J connectivity index is 1.78. The summed E-state index contributed by atoms with van der Waals surface area (Å²) in [6, 6.07) is 11.8. The third-order valence-electron chi connectivity index (χ3n) is 2.90. The first-order chi connectivity index (χ1) is 10.1. The zero-order valence-electron chi connectivity index (χ0n) is 12.2. The number of pyridine rings is 1. The minimum absolute atomic E-state index is 0.103. The smallest absolute Gasteiger partial charge is 0.171 e. The Bertz CT molecular complexity index is 589. The van der Waals surface area contributed by atoms with E-state index in [0.717, 1.165) is 17.0 Å². The molecule has 1 atom stereocenters. The SMILES string of the molecule is Cc1ccccc1OCC(C)NC(=S)Nc1ccncc1. The van der Waals surface area contributed by atoms with E-state index in [1.54, 1.807) is 12.4 Å². The van der Waals surface area contributed by atoms with Crippen LogP contribution in [0, 0.1) is 6.92 Å². The molecule has 0 fully saturated rings. The fourth-order valence-electron chi connectivity index (χ4n) is 1.80. The Morgan fingerprint density at radius 1 is 1.24 bits per heavy atom. The fourth-order valence-corrected chi connectivity index (χ4v) is 2.12. The van der Waals surface area contributed by atoms with Gasteiger partial charge >= 0.3 is 0 Å². The Morgan fingerprint density at radius 2 is 1.95 bits per heavy atom. The molecule has 1 aromatic heterocycles. The Labute approximate surface area is 130 Å². The van der Waals surface area contributed by atoms with Crippen LogP contribution >= 0.6 is 12.2 Å². The van der Waals surface area contributed by atoms with E-state index in [1.807, 2.05) is 50.2 Å². The predicted molar refractivity (Wildman–Crippen MR) is 89.7 cm³/mol. The summed E-state index contributed by atoms with van der Waals surface area (Å²) in [5, 5.41) is 6.87. The second-order valence-electron chi connectivity index (χ2n) is 4.81. The molecule has 5 heteroatoms. The van der Waals surface area contributed by atoms with Gasteiger partial charge in [0.25, 0.3) is 0 Å². The summed E-state index contributed by atoms with van der Waals surface area (Å²) in [7, 11) is 0. The molecule has 0 saturated heterocycles. The van der Waals surface area contributed by atoms with E-state index in [-0.39, 0.29) is 6.04 Å². The van der Waals surface area contributed by atoms with Crippen LogP contribution in [0.3, 0.4) is 0 Å². The number of benzene rings is 1. The van der Waals surface area contributed by atoms with Crippen molar-refractivity contribution in [1.82, 2.24) is 10.3 Å². The van der Waals surface area contributed by atoms with E-state index in [9.17, 15) is 0 Å². The lowest BCUT2D eigenvalue weighted by atomic mass is 10.2. The first-order valence-electron chi connectivity index (χ1n) is 6.81. The van der Waals surface area contributed by atoms with Crippen LogP contribution in [0.2, 0.25) is 0 Å². The number of thiocarbonyl (C=S) groups is 1. The Kier molecular flexibility index (Phi) is 5.51. The molecule has 110 valence electrons. The monoisotopic (exact) mass is 301 g/mol. The maximum absolute atomic E-state index is 5.79. The minimum atomic E-state index is 0.103. The van der Waals surface area contributed by atoms with Crippen LogP contribution in [0.25, 0.3) is 0 Å². The number of rotatable bonds is 5. The lowest BCUT2D eigenvalue weighted by molar-refractivity contribution is 0.285. The fraction of sp³-hybridized carbons (Fsp3) is 0.250. The predicted octanol–water partition coefficient (Wildman–Crippen LogP) is 3.14. The van der Waals surface area contributed by atoms with Gasteiger partial charge in [-0.25, -0.2) is 0 Å². The average Bonchev–Trinajstić information content (AvgIpc) is 2.47. The van der Waals surface area contributed by atoms with E-state index in [0.29, 0.717) is 11.7 Å². The van der Waals surface area contributed by atoms with Crippen LogP contribution in [-0.2, 0) is 0 Å². The average molecular weight is 301 g/mol. The highest BCUT2D eigenvalue weighted by molar-refractivity contribution is 7.80. The van der Waals surface area contributed by atoms with Crippen LogP contribution < -0.4 is 15.4 Å². The summed E-state index contributed by atoms with van der Waals surface area (Å²) in [6.07, 6.45) is 3.44. The van der Waals surface area contributed by atoms with Gasteiger partial charge in [-0.1, -0.05) is 18.2 Å². The minimum Gasteiger partial charge on any atom is -0.491 e. The highest BCUT2D eigenvalue weighted by Crippen LogP contribution is 2.16. The zero-order valence-corrected chi connectivity index (χ0v) is 13.0. The number of aromatic nitrogens is 1. The molecule has 21 heavy (non-hydrogen) atoms. The van der Waals surface area contributed by atoms with Crippen molar-refractivity contribution in [2.45, 2.75) is 19.9 Å². The molecule has 1 aromatic carbocycles. The molecular weight excluding hydrogens is 282 g/mol. The molecule has 0 aliphatic carbocycles. The number of nitrogens with zero attached hydrogens (tertiary/aromatic N) is 1. The molecule has 4 nitrogen and oxygen atoms in total. The first-order valence-corrected chi connectivity index (χ1v) is 7.22. The topological polar surface area (TPSA) is 46.2 Å². The largest absolute Gasteiger partial charge is 0.491 e. The van der Waals surface area contributed by atoms with Gasteiger partial charge in [-0.15, -0.1) is 0 Å². The number of nitrogens with one attached hydrogen (secondary N) is 2. The van der Waals surface area contributed by atoms with Crippen molar-refractivity contribution >= 4 is 23.0 Å². The summed E-state index contributed by atoms with van der Waals surface area (Å²) in [4.78, 5) is 3.96. The molecule has 0 saturated carbocycles. The number of hydrogen-bond donors (Lipinski definition) is 2. The molecule has 2 aromatic rings. The van der Waals surface area contributed by atoms with Gasteiger partial charge in [0.1, 0.15) is 12.4 Å². The summed E-state index contributed by atoms with van der Waals surface area (Å²) in [6.45, 7) is 4.60. The van der Waals surface area contributed by atoms with E-state index in [4.69, 9.17) is 17.0 Å².